The van der Waals surface area contributed by atoms with E-state index in [-0.39, 0.29) is 5.97 Å². The predicted octanol–water partition coefficient (Wildman–Crippen LogP) is 3.91. The Hall–Kier alpha value is -2.01. The highest BCUT2D eigenvalue weighted by molar-refractivity contribution is 5.81. The van der Waals surface area contributed by atoms with Crippen LogP contribution in [-0.2, 0) is 16.0 Å². The third kappa shape index (κ3) is 8.16. The van der Waals surface area contributed by atoms with Gasteiger partial charge in [0.15, 0.2) is 0 Å². The summed E-state index contributed by atoms with van der Waals surface area (Å²) in [6.45, 7) is 2.31. The van der Waals surface area contributed by atoms with Crippen LogP contribution >= 0.6 is 0 Å². The van der Waals surface area contributed by atoms with Crippen LogP contribution in [0.15, 0.2) is 42.5 Å². The van der Waals surface area contributed by atoms with Crippen LogP contribution in [-0.4, -0.2) is 12.6 Å². The van der Waals surface area contributed by atoms with Crippen LogP contribution in [0.5, 0.6) is 0 Å². The third-order valence-electron chi connectivity index (χ3n) is 2.80. The summed E-state index contributed by atoms with van der Waals surface area (Å²) in [6, 6.07) is 10.2. The molecule has 0 saturated carbocycles. The molecule has 20 heavy (non-hydrogen) atoms. The lowest BCUT2D eigenvalue weighted by Gasteiger charge is -2.02. The number of unbranched alkanes of at least 4 members (excludes halogenated alkanes) is 2. The van der Waals surface area contributed by atoms with Gasteiger partial charge < -0.3 is 4.74 Å². The molecule has 0 N–H and O–H groups in total. The number of hydrogen-bond donors (Lipinski definition) is 0. The Morgan fingerprint density at radius 3 is 2.80 bits per heavy atom. The lowest BCUT2D eigenvalue weighted by molar-refractivity contribution is -0.137. The van der Waals surface area contributed by atoms with Gasteiger partial charge in [-0.1, -0.05) is 36.4 Å². The molecule has 0 fully saturated rings. The summed E-state index contributed by atoms with van der Waals surface area (Å²) in [4.78, 5) is 11.4. The largest absolute Gasteiger partial charge is 0.463 e. The van der Waals surface area contributed by atoms with Gasteiger partial charge in [0.2, 0.25) is 0 Å². The van der Waals surface area contributed by atoms with Gasteiger partial charge in [-0.25, -0.2) is 4.79 Å². The van der Waals surface area contributed by atoms with E-state index in [0.717, 1.165) is 32.1 Å². The molecule has 0 aliphatic heterocycles. The average molecular weight is 270 g/mol. The molecule has 0 heterocycles. The number of esters is 1. The minimum atomic E-state index is -0.250. The molecule has 0 aliphatic rings. The van der Waals surface area contributed by atoms with Gasteiger partial charge in [0.05, 0.1) is 6.61 Å². The summed E-state index contributed by atoms with van der Waals surface area (Å²) < 4.78 is 5.14. The van der Waals surface area contributed by atoms with Crippen molar-refractivity contribution in [2.24, 2.45) is 0 Å². The predicted molar refractivity (Wildman–Crippen MR) is 82.2 cm³/mol. The van der Waals surface area contributed by atoms with Crippen LogP contribution in [0.1, 0.15) is 38.2 Å². The fourth-order valence-electron chi connectivity index (χ4n) is 1.75. The van der Waals surface area contributed by atoms with Crippen molar-refractivity contribution >= 4 is 5.97 Å². The number of carbonyl (C=O) groups excluding carboxylic acids is 1. The molecule has 0 amide bonds. The van der Waals surface area contributed by atoms with Crippen molar-refractivity contribution < 1.29 is 9.53 Å². The first-order valence-corrected chi connectivity index (χ1v) is 7.09. The molecule has 2 nitrogen and oxygen atoms in total. The molecule has 0 spiro atoms. The average Bonchev–Trinajstić information content (AvgIpc) is 2.48. The first-order chi connectivity index (χ1) is 9.83. The monoisotopic (exact) mass is 270 g/mol. The van der Waals surface area contributed by atoms with Crippen molar-refractivity contribution in [2.75, 3.05) is 6.61 Å². The molecule has 1 aromatic rings. The number of rotatable bonds is 8. The summed E-state index contributed by atoms with van der Waals surface area (Å²) in [5.74, 6) is 5.59. The number of allylic oxidation sites excluding steroid dienone is 1. The van der Waals surface area contributed by atoms with Gasteiger partial charge in [0.1, 0.15) is 0 Å². The molecule has 1 rings (SSSR count). The van der Waals surface area contributed by atoms with Gasteiger partial charge in [-0.3, -0.25) is 0 Å². The molecule has 0 bridgehead atoms. The van der Waals surface area contributed by atoms with Gasteiger partial charge in [-0.15, -0.1) is 11.8 Å². The van der Waals surface area contributed by atoms with Gasteiger partial charge in [-0.05, 0) is 38.2 Å². The Morgan fingerprint density at radius 1 is 1.25 bits per heavy atom. The van der Waals surface area contributed by atoms with E-state index in [1.165, 1.54) is 11.6 Å². The van der Waals surface area contributed by atoms with Gasteiger partial charge in [0, 0.05) is 12.5 Å². The highest BCUT2D eigenvalue weighted by Crippen LogP contribution is 2.02. The van der Waals surface area contributed by atoms with Gasteiger partial charge in [0.25, 0.3) is 0 Å². The minimum absolute atomic E-state index is 0.250. The van der Waals surface area contributed by atoms with Crippen molar-refractivity contribution in [1.82, 2.24) is 0 Å². The molecule has 0 aromatic heterocycles. The van der Waals surface area contributed by atoms with Crippen molar-refractivity contribution in [3.05, 3.63) is 48.0 Å². The second-order valence-electron chi connectivity index (χ2n) is 4.48. The topological polar surface area (TPSA) is 26.3 Å². The first-order valence-electron chi connectivity index (χ1n) is 7.09. The second kappa shape index (κ2) is 10.9. The first kappa shape index (κ1) is 16.0. The van der Waals surface area contributed by atoms with Gasteiger partial charge >= 0.3 is 5.97 Å². The van der Waals surface area contributed by atoms with Crippen molar-refractivity contribution in [3.8, 4) is 11.8 Å². The molecule has 106 valence electrons. The number of carbonyl (C=O) groups is 1. The molecule has 0 unspecified atom stereocenters. The maximum atomic E-state index is 11.4. The fourth-order valence-corrected chi connectivity index (χ4v) is 1.75. The van der Waals surface area contributed by atoms with E-state index < -0.39 is 0 Å². The molecular formula is C18H22O2. The fraction of sp³-hybridized carbons (Fsp3) is 0.389. The molecule has 0 radical (unpaired) electrons. The highest BCUT2D eigenvalue weighted by atomic mass is 16.5. The zero-order chi connectivity index (χ0) is 14.5. The maximum absolute atomic E-state index is 11.4. The summed E-state index contributed by atoms with van der Waals surface area (Å²) >= 11 is 0. The lowest BCUT2D eigenvalue weighted by atomic mass is 10.1. The zero-order valence-corrected chi connectivity index (χ0v) is 12.1. The second-order valence-corrected chi connectivity index (χ2v) is 4.48. The number of hydrogen-bond acceptors (Lipinski definition) is 2. The van der Waals surface area contributed by atoms with Crippen LogP contribution < -0.4 is 0 Å². The normalized spacial score (nSPS) is 10.1. The van der Waals surface area contributed by atoms with E-state index in [0.29, 0.717) is 6.61 Å². The Labute approximate surface area is 121 Å². The third-order valence-corrected chi connectivity index (χ3v) is 2.80. The quantitative estimate of drug-likeness (QED) is 0.310. The molecule has 0 saturated heterocycles. The van der Waals surface area contributed by atoms with Gasteiger partial charge in [-0.2, -0.15) is 0 Å². The molecular weight excluding hydrogens is 248 g/mol. The van der Waals surface area contributed by atoms with Crippen molar-refractivity contribution in [2.45, 2.75) is 39.0 Å². The number of ether oxygens (including phenoxy) is 1. The van der Waals surface area contributed by atoms with E-state index in [9.17, 15) is 4.79 Å². The number of benzene rings is 1. The number of aryl methyl sites for hydroxylation is 1. The van der Waals surface area contributed by atoms with E-state index in [2.05, 4.69) is 24.0 Å². The minimum Gasteiger partial charge on any atom is -0.463 e. The lowest BCUT2D eigenvalue weighted by Crippen LogP contribution is -2.03. The maximum Gasteiger partial charge on any atom is 0.330 e. The van der Waals surface area contributed by atoms with Crippen LogP contribution in [0.3, 0.4) is 0 Å². The Balaban J connectivity index is 2.04. The Bertz CT molecular complexity index is 463. The van der Waals surface area contributed by atoms with Crippen LogP contribution in [0.2, 0.25) is 0 Å². The molecule has 0 atom stereocenters. The highest BCUT2D eigenvalue weighted by Gasteiger charge is 1.97. The summed E-state index contributed by atoms with van der Waals surface area (Å²) in [6.07, 6.45) is 7.90. The molecule has 2 heteroatoms. The van der Waals surface area contributed by atoms with E-state index in [1.54, 1.807) is 0 Å². The van der Waals surface area contributed by atoms with Crippen molar-refractivity contribution in [1.29, 1.82) is 0 Å². The standard InChI is InChI=1S/C18H22O2/c1-2-3-4-5-6-10-15-18(19)20-16-11-14-17-12-8-7-9-13-17/h7-10,12-13,15H,4-6,11,14,16H2,1H3/b15-10+. The van der Waals surface area contributed by atoms with E-state index in [1.807, 2.05) is 31.2 Å². The zero-order valence-electron chi connectivity index (χ0n) is 12.1. The Morgan fingerprint density at radius 2 is 2.05 bits per heavy atom. The molecule has 0 aliphatic carbocycles. The van der Waals surface area contributed by atoms with Crippen LogP contribution in [0, 0.1) is 11.8 Å². The van der Waals surface area contributed by atoms with Crippen molar-refractivity contribution in [3.63, 3.8) is 0 Å². The van der Waals surface area contributed by atoms with Crippen LogP contribution in [0.4, 0.5) is 0 Å². The SMILES string of the molecule is CC#CCCC/C=C/C(=O)OCCCc1ccccc1. The summed E-state index contributed by atoms with van der Waals surface area (Å²) in [5.41, 5.74) is 1.27. The van der Waals surface area contributed by atoms with E-state index in [4.69, 9.17) is 4.74 Å². The summed E-state index contributed by atoms with van der Waals surface area (Å²) in [7, 11) is 0. The Kier molecular flexibility index (Phi) is 8.72. The molecule has 1 aromatic carbocycles. The summed E-state index contributed by atoms with van der Waals surface area (Å²) in [5, 5.41) is 0. The van der Waals surface area contributed by atoms with E-state index >= 15 is 0 Å². The smallest absolute Gasteiger partial charge is 0.330 e. The van der Waals surface area contributed by atoms with Crippen LogP contribution in [0.25, 0.3) is 0 Å².